The van der Waals surface area contributed by atoms with Gasteiger partial charge in [0.05, 0.1) is 0 Å². The van der Waals surface area contributed by atoms with Crippen molar-refractivity contribution in [3.63, 3.8) is 0 Å². The van der Waals surface area contributed by atoms with Gasteiger partial charge in [-0.2, -0.15) is 0 Å². The van der Waals surface area contributed by atoms with Crippen LogP contribution in [0.25, 0.3) is 0 Å². The van der Waals surface area contributed by atoms with Crippen LogP contribution in [-0.2, 0) is 0 Å². The predicted octanol–water partition coefficient (Wildman–Crippen LogP) is 3.49. The van der Waals surface area contributed by atoms with Crippen molar-refractivity contribution >= 4 is 5.69 Å². The van der Waals surface area contributed by atoms with Gasteiger partial charge in [0.1, 0.15) is 11.6 Å². The Bertz CT molecular complexity index is 537. The number of benzene rings is 2. The molecule has 1 unspecified atom stereocenters. The third kappa shape index (κ3) is 3.78. The lowest BCUT2D eigenvalue weighted by atomic mass is 10.0. The van der Waals surface area contributed by atoms with Crippen LogP contribution >= 0.6 is 0 Å². The van der Waals surface area contributed by atoms with Crippen LogP contribution in [-0.4, -0.2) is 13.6 Å². The van der Waals surface area contributed by atoms with E-state index in [1.807, 2.05) is 37.4 Å². The maximum Gasteiger partial charge on any atom is 0.126 e. The summed E-state index contributed by atoms with van der Waals surface area (Å²) in [6, 6.07) is 12.9. The molecule has 1 atom stereocenters. The van der Waals surface area contributed by atoms with E-state index in [4.69, 9.17) is 5.73 Å². The summed E-state index contributed by atoms with van der Waals surface area (Å²) in [5, 5.41) is 0. The quantitative estimate of drug-likeness (QED) is 0.905. The van der Waals surface area contributed by atoms with E-state index in [1.54, 1.807) is 0 Å². The third-order valence-electron chi connectivity index (χ3n) is 3.29. The zero-order valence-electron chi connectivity index (χ0n) is 11.4. The van der Waals surface area contributed by atoms with Crippen molar-refractivity contribution in [3.8, 4) is 0 Å². The van der Waals surface area contributed by atoms with Gasteiger partial charge < -0.3 is 10.6 Å². The molecule has 0 spiro atoms. The molecule has 0 heterocycles. The van der Waals surface area contributed by atoms with Gasteiger partial charge in [-0.25, -0.2) is 8.78 Å². The molecule has 0 bridgehead atoms. The largest absolute Gasteiger partial charge is 0.375 e. The third-order valence-corrected chi connectivity index (χ3v) is 3.29. The van der Waals surface area contributed by atoms with Gasteiger partial charge in [-0.3, -0.25) is 0 Å². The van der Waals surface area contributed by atoms with Crippen LogP contribution in [0.1, 0.15) is 18.0 Å². The summed E-state index contributed by atoms with van der Waals surface area (Å²) in [6.07, 6.45) is 0.619. The van der Waals surface area contributed by atoms with Crippen molar-refractivity contribution in [1.29, 1.82) is 0 Å². The molecule has 0 fully saturated rings. The monoisotopic (exact) mass is 276 g/mol. The fraction of sp³-hybridized carbons (Fsp3) is 0.250. The van der Waals surface area contributed by atoms with E-state index in [9.17, 15) is 8.78 Å². The minimum Gasteiger partial charge on any atom is -0.375 e. The minimum atomic E-state index is -0.591. The lowest BCUT2D eigenvalue weighted by Crippen LogP contribution is -2.23. The summed E-state index contributed by atoms with van der Waals surface area (Å²) in [5.41, 5.74) is 7.58. The molecule has 2 N–H and O–H groups in total. The zero-order chi connectivity index (χ0) is 14.5. The first-order chi connectivity index (χ1) is 9.56. The van der Waals surface area contributed by atoms with Crippen molar-refractivity contribution in [2.45, 2.75) is 12.5 Å². The summed E-state index contributed by atoms with van der Waals surface area (Å²) in [5.74, 6) is -1.18. The normalized spacial score (nSPS) is 12.2. The maximum atomic E-state index is 13.1. The Kier molecular flexibility index (Phi) is 4.69. The molecule has 2 nitrogen and oxygen atoms in total. The molecule has 0 amide bonds. The highest BCUT2D eigenvalue weighted by Crippen LogP contribution is 2.19. The highest BCUT2D eigenvalue weighted by atomic mass is 19.1. The number of hydrogen-bond acceptors (Lipinski definition) is 2. The van der Waals surface area contributed by atoms with E-state index in [0.29, 0.717) is 18.5 Å². The molecule has 20 heavy (non-hydrogen) atoms. The Morgan fingerprint density at radius 2 is 1.65 bits per heavy atom. The van der Waals surface area contributed by atoms with E-state index < -0.39 is 11.6 Å². The first-order valence-electron chi connectivity index (χ1n) is 6.54. The molecule has 0 radical (unpaired) electrons. The van der Waals surface area contributed by atoms with Gasteiger partial charge in [0, 0.05) is 31.4 Å². The molecule has 0 aromatic heterocycles. The predicted molar refractivity (Wildman–Crippen MR) is 77.6 cm³/mol. The van der Waals surface area contributed by atoms with Crippen LogP contribution in [0.3, 0.4) is 0 Å². The van der Waals surface area contributed by atoms with E-state index in [0.717, 1.165) is 11.8 Å². The molecular formula is C16H18F2N2. The number of nitrogens with zero attached hydrogens (tertiary/aromatic N) is 1. The van der Waals surface area contributed by atoms with Crippen molar-refractivity contribution in [3.05, 3.63) is 65.7 Å². The second-order valence-corrected chi connectivity index (χ2v) is 4.86. The van der Waals surface area contributed by atoms with Crippen LogP contribution in [0.4, 0.5) is 14.5 Å². The summed E-state index contributed by atoms with van der Waals surface area (Å²) in [7, 11) is 1.97. The molecule has 4 heteroatoms. The van der Waals surface area contributed by atoms with Crippen LogP contribution in [0.2, 0.25) is 0 Å². The van der Waals surface area contributed by atoms with E-state index in [1.165, 1.54) is 12.1 Å². The molecule has 2 rings (SSSR count). The fourth-order valence-corrected chi connectivity index (χ4v) is 2.10. The maximum absolute atomic E-state index is 13.1. The SMILES string of the molecule is CN(CCC(N)c1cc(F)cc(F)c1)c1ccccc1. The van der Waals surface area contributed by atoms with Gasteiger partial charge in [-0.05, 0) is 36.2 Å². The molecule has 2 aromatic rings. The molecule has 0 aliphatic carbocycles. The minimum absolute atomic E-state index is 0.383. The molecule has 0 aliphatic heterocycles. The molecule has 0 saturated carbocycles. The number of anilines is 1. The summed E-state index contributed by atoms with van der Waals surface area (Å²) >= 11 is 0. The summed E-state index contributed by atoms with van der Waals surface area (Å²) in [6.45, 7) is 0.712. The molecule has 0 saturated heterocycles. The van der Waals surface area contributed by atoms with Crippen LogP contribution in [0.5, 0.6) is 0 Å². The van der Waals surface area contributed by atoms with Gasteiger partial charge in [-0.15, -0.1) is 0 Å². The number of hydrogen-bond donors (Lipinski definition) is 1. The van der Waals surface area contributed by atoms with Gasteiger partial charge in [0.25, 0.3) is 0 Å². The van der Waals surface area contributed by atoms with E-state index in [-0.39, 0.29) is 6.04 Å². The number of halogens is 2. The second kappa shape index (κ2) is 6.48. The average Bonchev–Trinajstić information content (AvgIpc) is 2.44. The van der Waals surface area contributed by atoms with Gasteiger partial charge in [0.2, 0.25) is 0 Å². The lowest BCUT2D eigenvalue weighted by molar-refractivity contribution is 0.567. The summed E-state index contributed by atoms with van der Waals surface area (Å²) in [4.78, 5) is 2.06. The molecule has 2 aromatic carbocycles. The van der Waals surface area contributed by atoms with Crippen molar-refractivity contribution in [2.75, 3.05) is 18.5 Å². The Balaban J connectivity index is 1.96. The Labute approximate surface area is 117 Å². The smallest absolute Gasteiger partial charge is 0.126 e. The Hall–Kier alpha value is -1.94. The van der Waals surface area contributed by atoms with Gasteiger partial charge in [0.15, 0.2) is 0 Å². The number of para-hydroxylation sites is 1. The van der Waals surface area contributed by atoms with Crippen LogP contribution in [0.15, 0.2) is 48.5 Å². The number of nitrogens with two attached hydrogens (primary N) is 1. The molecular weight excluding hydrogens is 258 g/mol. The van der Waals surface area contributed by atoms with Crippen LogP contribution < -0.4 is 10.6 Å². The second-order valence-electron chi connectivity index (χ2n) is 4.86. The Morgan fingerprint density at radius 1 is 1.05 bits per heavy atom. The van der Waals surface area contributed by atoms with Gasteiger partial charge in [-0.1, -0.05) is 18.2 Å². The average molecular weight is 276 g/mol. The van der Waals surface area contributed by atoms with Crippen LogP contribution in [0, 0.1) is 11.6 Å². The summed E-state index contributed by atoms with van der Waals surface area (Å²) < 4.78 is 26.3. The topological polar surface area (TPSA) is 29.3 Å². The zero-order valence-corrected chi connectivity index (χ0v) is 11.4. The standard InChI is InChI=1S/C16H18F2N2/c1-20(15-5-3-2-4-6-15)8-7-16(19)12-9-13(17)11-14(18)10-12/h2-6,9-11,16H,7-8,19H2,1H3. The van der Waals surface area contributed by atoms with E-state index in [2.05, 4.69) is 4.90 Å². The molecule has 106 valence electrons. The van der Waals surface area contributed by atoms with Gasteiger partial charge >= 0.3 is 0 Å². The first-order valence-corrected chi connectivity index (χ1v) is 6.54. The van der Waals surface area contributed by atoms with Crippen molar-refractivity contribution in [2.24, 2.45) is 5.73 Å². The lowest BCUT2D eigenvalue weighted by Gasteiger charge is -2.21. The highest BCUT2D eigenvalue weighted by molar-refractivity contribution is 5.44. The fourth-order valence-electron chi connectivity index (χ4n) is 2.10. The first kappa shape index (κ1) is 14.5. The Morgan fingerprint density at radius 3 is 2.25 bits per heavy atom. The van der Waals surface area contributed by atoms with Crippen molar-refractivity contribution in [1.82, 2.24) is 0 Å². The van der Waals surface area contributed by atoms with E-state index >= 15 is 0 Å². The number of rotatable bonds is 5. The highest BCUT2D eigenvalue weighted by Gasteiger charge is 2.10. The molecule has 0 aliphatic rings. The van der Waals surface area contributed by atoms with Crippen molar-refractivity contribution < 1.29 is 8.78 Å².